The van der Waals surface area contributed by atoms with Crippen LogP contribution in [0.25, 0.3) is 0 Å². The van der Waals surface area contributed by atoms with E-state index in [0.29, 0.717) is 44.0 Å². The summed E-state index contributed by atoms with van der Waals surface area (Å²) in [5, 5.41) is 5.88. The summed E-state index contributed by atoms with van der Waals surface area (Å²) < 4.78 is 16.9. The first-order valence-electron chi connectivity index (χ1n) is 11.2. The van der Waals surface area contributed by atoms with Crippen molar-refractivity contribution in [3.63, 3.8) is 0 Å². The number of anilines is 1. The number of aryl methyl sites for hydroxylation is 1. The van der Waals surface area contributed by atoms with E-state index >= 15 is 0 Å². The van der Waals surface area contributed by atoms with Gasteiger partial charge in [0, 0.05) is 18.5 Å². The average Bonchev–Trinajstić information content (AvgIpc) is 2.80. The molecule has 1 aliphatic heterocycles. The second-order valence-electron chi connectivity index (χ2n) is 7.87. The Hall–Kier alpha value is -3.22. The lowest BCUT2D eigenvalue weighted by molar-refractivity contribution is -0.122. The fourth-order valence-electron chi connectivity index (χ4n) is 3.55. The zero-order valence-electron chi connectivity index (χ0n) is 19.0. The lowest BCUT2D eigenvalue weighted by atomic mass is 10.0. The molecule has 0 spiro atoms. The van der Waals surface area contributed by atoms with Gasteiger partial charge in [-0.2, -0.15) is 0 Å². The molecule has 0 radical (unpaired) electrons. The fraction of sp³-hybridized carbons (Fsp3) is 0.440. The van der Waals surface area contributed by atoms with Crippen LogP contribution in [0.15, 0.2) is 36.4 Å². The largest absolute Gasteiger partial charge is 0.494 e. The van der Waals surface area contributed by atoms with Gasteiger partial charge in [0.25, 0.3) is 0 Å². The molecular formula is C25H32N2O5. The summed E-state index contributed by atoms with van der Waals surface area (Å²) in [6.07, 6.45) is 3.12. The van der Waals surface area contributed by atoms with Crippen molar-refractivity contribution in [3.05, 3.63) is 47.5 Å². The van der Waals surface area contributed by atoms with Crippen molar-refractivity contribution in [2.45, 2.75) is 52.0 Å². The number of amides is 2. The highest BCUT2D eigenvalue weighted by atomic mass is 16.5. The molecular weight excluding hydrogens is 408 g/mol. The monoisotopic (exact) mass is 440 g/mol. The Morgan fingerprint density at radius 1 is 1.09 bits per heavy atom. The molecule has 1 heterocycles. The SMILES string of the molecule is CCCOc1ccc(C(C)NC(=O)CCCOc2ccc3c(c2)CCC(=O)N3)cc1OC. The molecule has 1 aliphatic rings. The zero-order chi connectivity index (χ0) is 22.9. The number of fused-ring (bicyclic) bond motifs is 1. The van der Waals surface area contributed by atoms with Crippen LogP contribution >= 0.6 is 0 Å². The third-order valence-corrected chi connectivity index (χ3v) is 5.32. The molecule has 2 N–H and O–H groups in total. The van der Waals surface area contributed by atoms with E-state index in [1.54, 1.807) is 7.11 Å². The minimum Gasteiger partial charge on any atom is -0.494 e. The van der Waals surface area contributed by atoms with E-state index in [-0.39, 0.29) is 17.9 Å². The Bertz CT molecular complexity index is 944. The highest BCUT2D eigenvalue weighted by Gasteiger charge is 2.16. The molecule has 0 aromatic heterocycles. The highest BCUT2D eigenvalue weighted by molar-refractivity contribution is 5.94. The second-order valence-corrected chi connectivity index (χ2v) is 7.87. The summed E-state index contributed by atoms with van der Waals surface area (Å²) in [7, 11) is 1.61. The van der Waals surface area contributed by atoms with Crippen molar-refractivity contribution in [2.75, 3.05) is 25.6 Å². The van der Waals surface area contributed by atoms with Gasteiger partial charge in [-0.25, -0.2) is 0 Å². The molecule has 3 rings (SSSR count). The van der Waals surface area contributed by atoms with E-state index in [1.165, 1.54) is 0 Å². The second kappa shape index (κ2) is 11.4. The van der Waals surface area contributed by atoms with Gasteiger partial charge in [-0.3, -0.25) is 9.59 Å². The molecule has 2 aromatic carbocycles. The number of hydrogen-bond acceptors (Lipinski definition) is 5. The van der Waals surface area contributed by atoms with Crippen molar-refractivity contribution >= 4 is 17.5 Å². The maximum absolute atomic E-state index is 12.4. The van der Waals surface area contributed by atoms with Gasteiger partial charge in [0.15, 0.2) is 11.5 Å². The molecule has 172 valence electrons. The molecule has 1 unspecified atom stereocenters. The molecule has 32 heavy (non-hydrogen) atoms. The Balaban J connectivity index is 1.43. The summed E-state index contributed by atoms with van der Waals surface area (Å²) in [6.45, 7) is 5.08. The van der Waals surface area contributed by atoms with Crippen LogP contribution in [0.3, 0.4) is 0 Å². The minimum absolute atomic E-state index is 0.0282. The van der Waals surface area contributed by atoms with Gasteiger partial charge in [-0.05, 0) is 67.6 Å². The first kappa shape index (κ1) is 23.4. The number of rotatable bonds is 11. The van der Waals surface area contributed by atoms with E-state index in [1.807, 2.05) is 43.3 Å². The van der Waals surface area contributed by atoms with Crippen molar-refractivity contribution in [1.29, 1.82) is 0 Å². The van der Waals surface area contributed by atoms with E-state index < -0.39 is 0 Å². The molecule has 0 saturated carbocycles. The van der Waals surface area contributed by atoms with Crippen LogP contribution in [0.1, 0.15) is 56.7 Å². The van der Waals surface area contributed by atoms with Crippen LogP contribution in [-0.4, -0.2) is 32.1 Å². The third-order valence-electron chi connectivity index (χ3n) is 5.32. The molecule has 7 nitrogen and oxygen atoms in total. The summed E-state index contributed by atoms with van der Waals surface area (Å²) in [4.78, 5) is 23.8. The summed E-state index contributed by atoms with van der Waals surface area (Å²) in [6, 6.07) is 11.2. The van der Waals surface area contributed by atoms with Gasteiger partial charge < -0.3 is 24.8 Å². The van der Waals surface area contributed by atoms with Crippen LogP contribution in [0.5, 0.6) is 17.2 Å². The van der Waals surface area contributed by atoms with Gasteiger partial charge in [0.1, 0.15) is 5.75 Å². The topological polar surface area (TPSA) is 85.9 Å². The molecule has 0 aliphatic carbocycles. The van der Waals surface area contributed by atoms with Gasteiger partial charge >= 0.3 is 0 Å². The molecule has 2 amide bonds. The van der Waals surface area contributed by atoms with Crippen LogP contribution < -0.4 is 24.8 Å². The van der Waals surface area contributed by atoms with Crippen molar-refractivity contribution < 1.29 is 23.8 Å². The first-order chi connectivity index (χ1) is 15.5. The Morgan fingerprint density at radius 2 is 1.94 bits per heavy atom. The average molecular weight is 441 g/mol. The fourth-order valence-corrected chi connectivity index (χ4v) is 3.55. The number of carbonyl (C=O) groups excluding carboxylic acids is 2. The number of carbonyl (C=O) groups is 2. The van der Waals surface area contributed by atoms with Crippen molar-refractivity contribution in [2.24, 2.45) is 0 Å². The van der Waals surface area contributed by atoms with E-state index in [9.17, 15) is 9.59 Å². The van der Waals surface area contributed by atoms with Crippen LogP contribution in [0, 0.1) is 0 Å². The van der Waals surface area contributed by atoms with Crippen LogP contribution in [0.2, 0.25) is 0 Å². The standard InChI is InChI=1S/C25H32N2O5/c1-4-13-32-22-11-7-18(16-23(22)30-3)17(2)26-24(28)6-5-14-31-20-9-10-21-19(15-20)8-12-25(29)27-21/h7,9-11,15-17H,4-6,8,12-14H2,1-3H3,(H,26,28)(H,27,29). The van der Waals surface area contributed by atoms with Crippen molar-refractivity contribution in [3.8, 4) is 17.2 Å². The number of hydrogen-bond donors (Lipinski definition) is 2. The Kier molecular flexibility index (Phi) is 8.36. The molecule has 0 fully saturated rings. The molecule has 0 bridgehead atoms. The number of nitrogens with one attached hydrogen (secondary N) is 2. The van der Waals surface area contributed by atoms with E-state index in [2.05, 4.69) is 17.6 Å². The van der Waals surface area contributed by atoms with Gasteiger partial charge in [0.05, 0.1) is 26.4 Å². The number of methoxy groups -OCH3 is 1. The third kappa shape index (κ3) is 6.39. The van der Waals surface area contributed by atoms with Gasteiger partial charge in [-0.15, -0.1) is 0 Å². The summed E-state index contributed by atoms with van der Waals surface area (Å²) in [5.41, 5.74) is 2.88. The van der Waals surface area contributed by atoms with E-state index in [4.69, 9.17) is 14.2 Å². The van der Waals surface area contributed by atoms with Gasteiger partial charge in [-0.1, -0.05) is 13.0 Å². The summed E-state index contributed by atoms with van der Waals surface area (Å²) >= 11 is 0. The highest BCUT2D eigenvalue weighted by Crippen LogP contribution is 2.30. The smallest absolute Gasteiger partial charge is 0.224 e. The predicted octanol–water partition coefficient (Wildman–Crippen LogP) is 4.41. The Morgan fingerprint density at radius 3 is 2.72 bits per heavy atom. The molecule has 7 heteroatoms. The van der Waals surface area contributed by atoms with Crippen LogP contribution in [-0.2, 0) is 16.0 Å². The Labute approximate surface area is 189 Å². The maximum Gasteiger partial charge on any atom is 0.224 e. The number of benzene rings is 2. The zero-order valence-corrected chi connectivity index (χ0v) is 19.0. The normalized spacial score (nSPS) is 13.5. The van der Waals surface area contributed by atoms with Gasteiger partial charge in [0.2, 0.25) is 11.8 Å². The summed E-state index contributed by atoms with van der Waals surface area (Å²) in [5.74, 6) is 2.14. The minimum atomic E-state index is -0.145. The molecule has 1 atom stereocenters. The maximum atomic E-state index is 12.4. The quantitative estimate of drug-likeness (QED) is 0.506. The van der Waals surface area contributed by atoms with E-state index in [0.717, 1.165) is 35.4 Å². The molecule has 2 aromatic rings. The van der Waals surface area contributed by atoms with Crippen molar-refractivity contribution in [1.82, 2.24) is 5.32 Å². The molecule has 0 saturated heterocycles. The lowest BCUT2D eigenvalue weighted by Gasteiger charge is -2.18. The predicted molar refractivity (Wildman–Crippen MR) is 123 cm³/mol. The van der Waals surface area contributed by atoms with Crippen LogP contribution in [0.4, 0.5) is 5.69 Å². The first-order valence-corrected chi connectivity index (χ1v) is 11.2. The lowest BCUT2D eigenvalue weighted by Crippen LogP contribution is -2.26. The number of ether oxygens (including phenoxy) is 3.